The van der Waals surface area contributed by atoms with E-state index in [1.165, 1.54) is 8.61 Å². The zero-order valence-corrected chi connectivity index (χ0v) is 12.7. The molecule has 118 valence electrons. The Morgan fingerprint density at radius 1 is 1.36 bits per heavy atom. The van der Waals surface area contributed by atoms with Crippen LogP contribution in [0.5, 0.6) is 0 Å². The van der Waals surface area contributed by atoms with E-state index in [0.717, 1.165) is 18.4 Å². The van der Waals surface area contributed by atoms with Crippen LogP contribution < -0.4 is 4.31 Å². The normalized spacial score (nSPS) is 30.7. The number of aromatic nitrogens is 1. The van der Waals surface area contributed by atoms with Crippen molar-refractivity contribution >= 4 is 22.0 Å². The Morgan fingerprint density at radius 3 is 2.86 bits per heavy atom. The van der Waals surface area contributed by atoms with Crippen LogP contribution in [0.25, 0.3) is 0 Å². The summed E-state index contributed by atoms with van der Waals surface area (Å²) < 4.78 is 28.4. The van der Waals surface area contributed by atoms with Crippen molar-refractivity contribution < 1.29 is 18.3 Å². The Morgan fingerprint density at radius 2 is 2.18 bits per heavy atom. The topological polar surface area (TPSA) is 90.8 Å². The molecule has 0 spiro atoms. The second kappa shape index (κ2) is 4.66. The zero-order valence-electron chi connectivity index (χ0n) is 11.9. The van der Waals surface area contributed by atoms with Gasteiger partial charge in [-0.3, -0.25) is 4.79 Å². The summed E-state index contributed by atoms with van der Waals surface area (Å²) in [6, 6.07) is 2.71. The van der Waals surface area contributed by atoms with Crippen molar-refractivity contribution in [1.29, 1.82) is 0 Å². The van der Waals surface area contributed by atoms with Crippen LogP contribution >= 0.6 is 0 Å². The fourth-order valence-corrected chi connectivity index (χ4v) is 5.74. The number of carbonyl (C=O) groups is 1. The maximum atomic E-state index is 13.0. The number of aliphatic carboxylic acids is 1. The third-order valence-electron chi connectivity index (χ3n) is 5.12. The highest BCUT2D eigenvalue weighted by Crippen LogP contribution is 2.47. The second-order valence-electron chi connectivity index (χ2n) is 6.17. The number of anilines is 1. The Kier molecular flexibility index (Phi) is 2.96. The smallest absolute Gasteiger partial charge is 0.322 e. The van der Waals surface area contributed by atoms with Crippen LogP contribution in [0.15, 0.2) is 18.3 Å². The Bertz CT molecular complexity index is 735. The van der Waals surface area contributed by atoms with E-state index < -0.39 is 22.2 Å². The van der Waals surface area contributed by atoms with Crippen molar-refractivity contribution in [3.05, 3.63) is 23.9 Å². The first-order valence-electron chi connectivity index (χ1n) is 7.46. The van der Waals surface area contributed by atoms with Gasteiger partial charge in [0.2, 0.25) is 0 Å². The number of fused-ring (bicyclic) bond motifs is 2. The number of rotatable bonds is 3. The maximum absolute atomic E-state index is 13.0. The van der Waals surface area contributed by atoms with Crippen molar-refractivity contribution in [2.75, 3.05) is 17.4 Å². The molecular formula is C14H17N3O4S. The molecule has 1 saturated heterocycles. The Balaban J connectivity index is 1.71. The molecule has 7 nitrogen and oxygen atoms in total. The van der Waals surface area contributed by atoms with Crippen LogP contribution in [-0.4, -0.2) is 47.9 Å². The molecule has 22 heavy (non-hydrogen) atoms. The average Bonchev–Trinajstić information content (AvgIpc) is 2.99. The first kappa shape index (κ1) is 14.0. The SMILES string of the molecule is O=C(O)[C@@H]1[C@H]2CC[C@H]2CN1S(=O)(=O)N1CCc2cccnc21. The summed E-state index contributed by atoms with van der Waals surface area (Å²) in [4.78, 5) is 15.7. The molecule has 3 aliphatic rings. The largest absolute Gasteiger partial charge is 0.480 e. The molecule has 1 aromatic heterocycles. The summed E-state index contributed by atoms with van der Waals surface area (Å²) in [5.74, 6) is -0.470. The van der Waals surface area contributed by atoms with Gasteiger partial charge in [-0.2, -0.15) is 12.7 Å². The van der Waals surface area contributed by atoms with Gasteiger partial charge in [0.15, 0.2) is 0 Å². The average molecular weight is 323 g/mol. The second-order valence-corrected chi connectivity index (χ2v) is 7.98. The number of hydrogen-bond acceptors (Lipinski definition) is 4. The minimum absolute atomic E-state index is 0.0434. The Hall–Kier alpha value is -1.67. The van der Waals surface area contributed by atoms with Crippen molar-refractivity contribution in [2.45, 2.75) is 25.3 Å². The summed E-state index contributed by atoms with van der Waals surface area (Å²) in [5, 5.41) is 9.47. The van der Waals surface area contributed by atoms with Crippen molar-refractivity contribution in [2.24, 2.45) is 11.8 Å². The number of pyridine rings is 1. The van der Waals surface area contributed by atoms with E-state index in [1.54, 1.807) is 12.3 Å². The van der Waals surface area contributed by atoms with E-state index >= 15 is 0 Å². The van der Waals surface area contributed by atoms with Gasteiger partial charge in [0.05, 0.1) is 0 Å². The van der Waals surface area contributed by atoms with E-state index in [2.05, 4.69) is 4.98 Å². The third kappa shape index (κ3) is 1.80. The first-order valence-corrected chi connectivity index (χ1v) is 8.86. The highest BCUT2D eigenvalue weighted by molar-refractivity contribution is 7.90. The summed E-state index contributed by atoms with van der Waals surface area (Å²) in [6.45, 7) is 0.634. The van der Waals surface area contributed by atoms with E-state index in [9.17, 15) is 18.3 Å². The molecule has 2 fully saturated rings. The quantitative estimate of drug-likeness (QED) is 0.874. The monoisotopic (exact) mass is 323 g/mol. The number of nitrogens with zero attached hydrogens (tertiary/aromatic N) is 3. The third-order valence-corrected chi connectivity index (χ3v) is 7.00. The van der Waals surface area contributed by atoms with Gasteiger partial charge in [-0.15, -0.1) is 0 Å². The van der Waals surface area contributed by atoms with E-state index in [1.807, 2.05) is 6.07 Å². The van der Waals surface area contributed by atoms with Crippen molar-refractivity contribution in [3.8, 4) is 0 Å². The molecule has 0 aromatic carbocycles. The van der Waals surface area contributed by atoms with E-state index in [-0.39, 0.29) is 11.8 Å². The molecule has 0 radical (unpaired) electrons. The highest BCUT2D eigenvalue weighted by atomic mass is 32.2. The van der Waals surface area contributed by atoms with E-state index in [4.69, 9.17) is 0 Å². The van der Waals surface area contributed by atoms with Gasteiger partial charge in [-0.25, -0.2) is 9.29 Å². The van der Waals surface area contributed by atoms with E-state index in [0.29, 0.717) is 25.3 Å². The highest BCUT2D eigenvalue weighted by Gasteiger charge is 2.55. The lowest BCUT2D eigenvalue weighted by molar-refractivity contribution is -0.142. The molecule has 1 aromatic rings. The van der Waals surface area contributed by atoms with Crippen LogP contribution in [0.4, 0.5) is 5.82 Å². The summed E-state index contributed by atoms with van der Waals surface area (Å²) in [6.07, 6.45) is 3.88. The lowest BCUT2D eigenvalue weighted by Gasteiger charge is -2.32. The fraction of sp³-hybridized carbons (Fsp3) is 0.571. The number of hydrogen-bond donors (Lipinski definition) is 1. The molecule has 1 N–H and O–H groups in total. The predicted octanol–water partition coefficient (Wildman–Crippen LogP) is 0.484. The minimum atomic E-state index is -3.85. The number of carboxylic acid groups (broad SMARTS) is 1. The van der Waals surface area contributed by atoms with Crippen LogP contribution in [0.2, 0.25) is 0 Å². The van der Waals surface area contributed by atoms with Crippen LogP contribution in [0.1, 0.15) is 18.4 Å². The molecule has 1 aliphatic carbocycles. The molecule has 1 saturated carbocycles. The molecule has 3 atom stereocenters. The minimum Gasteiger partial charge on any atom is -0.480 e. The van der Waals surface area contributed by atoms with Crippen molar-refractivity contribution in [3.63, 3.8) is 0 Å². The summed E-state index contributed by atoms with van der Waals surface area (Å²) in [5.41, 5.74) is 0.889. The molecular weight excluding hydrogens is 306 g/mol. The van der Waals surface area contributed by atoms with Gasteiger partial charge in [0.25, 0.3) is 0 Å². The first-order chi connectivity index (χ1) is 10.5. The number of carboxylic acids is 1. The standard InChI is InChI=1S/C14H17N3O4S/c18-14(19)12-11-4-3-10(11)8-17(12)22(20,21)16-7-5-9-2-1-6-15-13(9)16/h1-2,6,10-12H,3-5,7-8H2,(H,18,19)/t10-,11-,12-/m0/s1. The fourth-order valence-electron chi connectivity index (χ4n) is 3.87. The van der Waals surface area contributed by atoms with Gasteiger partial charge in [0, 0.05) is 19.3 Å². The van der Waals surface area contributed by atoms with Crippen molar-refractivity contribution in [1.82, 2.24) is 9.29 Å². The molecule has 0 unspecified atom stereocenters. The van der Waals surface area contributed by atoms with Gasteiger partial charge in [-0.05, 0) is 42.7 Å². The maximum Gasteiger partial charge on any atom is 0.322 e. The molecule has 0 bridgehead atoms. The van der Waals surface area contributed by atoms with Crippen LogP contribution in [0.3, 0.4) is 0 Å². The molecule has 0 amide bonds. The zero-order chi connectivity index (χ0) is 15.5. The predicted molar refractivity (Wildman–Crippen MR) is 78.6 cm³/mol. The lowest BCUT2D eigenvalue weighted by Crippen LogP contribution is -2.49. The van der Waals surface area contributed by atoms with Crippen LogP contribution in [0, 0.1) is 11.8 Å². The Labute approximate surface area is 128 Å². The summed E-state index contributed by atoms with van der Waals surface area (Å²) in [7, 11) is -3.85. The molecule has 4 rings (SSSR count). The molecule has 2 aliphatic heterocycles. The van der Waals surface area contributed by atoms with Crippen LogP contribution in [-0.2, 0) is 21.4 Å². The molecule has 3 heterocycles. The van der Waals surface area contributed by atoms with Gasteiger partial charge < -0.3 is 5.11 Å². The van der Waals surface area contributed by atoms with Gasteiger partial charge in [0.1, 0.15) is 11.9 Å². The summed E-state index contributed by atoms with van der Waals surface area (Å²) >= 11 is 0. The van der Waals surface area contributed by atoms with Gasteiger partial charge in [-0.1, -0.05) is 6.07 Å². The van der Waals surface area contributed by atoms with Gasteiger partial charge >= 0.3 is 16.2 Å². The molecule has 8 heteroatoms. The lowest BCUT2D eigenvalue weighted by atomic mass is 9.73.